The molecule has 4 rings (SSSR count). The van der Waals surface area contributed by atoms with Gasteiger partial charge >= 0.3 is 0 Å². The molecule has 120 valence electrons. The van der Waals surface area contributed by atoms with Crippen molar-refractivity contribution in [1.29, 1.82) is 0 Å². The van der Waals surface area contributed by atoms with Crippen LogP contribution in [0.1, 0.15) is 31.4 Å². The van der Waals surface area contributed by atoms with E-state index in [1.54, 1.807) is 0 Å². The van der Waals surface area contributed by atoms with Crippen LogP contribution >= 0.6 is 0 Å². The summed E-state index contributed by atoms with van der Waals surface area (Å²) in [5.74, 6) is 3.00. The van der Waals surface area contributed by atoms with Crippen molar-refractivity contribution in [2.45, 2.75) is 38.6 Å². The van der Waals surface area contributed by atoms with Crippen LogP contribution in [0.25, 0.3) is 0 Å². The zero-order chi connectivity index (χ0) is 15.6. The van der Waals surface area contributed by atoms with Crippen molar-refractivity contribution in [2.75, 3.05) is 17.4 Å². The minimum atomic E-state index is 0.279. The molecule has 1 aromatic carbocycles. The molecule has 0 atom stereocenters. The first kappa shape index (κ1) is 14.1. The van der Waals surface area contributed by atoms with Gasteiger partial charge in [-0.1, -0.05) is 12.8 Å². The van der Waals surface area contributed by atoms with Crippen molar-refractivity contribution in [2.24, 2.45) is 0 Å². The van der Waals surface area contributed by atoms with Gasteiger partial charge < -0.3 is 20.1 Å². The fourth-order valence-corrected chi connectivity index (χ4v) is 3.07. The Morgan fingerprint density at radius 3 is 2.74 bits per heavy atom. The molecule has 6 nitrogen and oxygen atoms in total. The fourth-order valence-electron chi connectivity index (χ4n) is 3.07. The molecule has 2 N–H and O–H groups in total. The molecule has 1 fully saturated rings. The Kier molecular flexibility index (Phi) is 3.65. The molecule has 1 aliphatic carbocycles. The number of ether oxygens (including phenoxy) is 2. The number of hydrogen-bond donors (Lipinski definition) is 2. The molecular formula is C17H20N4O2. The first-order chi connectivity index (χ1) is 11.3. The minimum absolute atomic E-state index is 0.279. The highest BCUT2D eigenvalue weighted by Crippen LogP contribution is 2.35. The number of benzene rings is 1. The second-order valence-corrected chi connectivity index (χ2v) is 6.04. The van der Waals surface area contributed by atoms with Crippen molar-refractivity contribution < 1.29 is 9.47 Å². The third-order valence-electron chi connectivity index (χ3n) is 4.19. The summed E-state index contributed by atoms with van der Waals surface area (Å²) >= 11 is 0. The predicted octanol–water partition coefficient (Wildman–Crippen LogP) is 3.61. The lowest BCUT2D eigenvalue weighted by Gasteiger charge is -2.14. The average Bonchev–Trinajstić information content (AvgIpc) is 3.17. The first-order valence-corrected chi connectivity index (χ1v) is 8.05. The number of hydrogen-bond acceptors (Lipinski definition) is 6. The molecule has 1 aliphatic heterocycles. The number of nitrogens with one attached hydrogen (secondary N) is 2. The zero-order valence-corrected chi connectivity index (χ0v) is 13.1. The Morgan fingerprint density at radius 1 is 1.04 bits per heavy atom. The standard InChI is InChI=1S/C17H20N4O2/c1-11-8-16(21-17(18-11)20-12-4-2-3-5-12)19-13-6-7-14-15(9-13)23-10-22-14/h6-9,12H,2-5,10H2,1H3,(H2,18,19,20,21). The summed E-state index contributed by atoms with van der Waals surface area (Å²) in [6.45, 7) is 2.26. The molecule has 1 saturated carbocycles. The van der Waals surface area contributed by atoms with Gasteiger partial charge in [-0.2, -0.15) is 4.98 Å². The molecular weight excluding hydrogens is 292 g/mol. The van der Waals surface area contributed by atoms with Crippen molar-refractivity contribution in [3.63, 3.8) is 0 Å². The molecule has 0 amide bonds. The predicted molar refractivity (Wildman–Crippen MR) is 88.5 cm³/mol. The summed E-state index contributed by atoms with van der Waals surface area (Å²) in [4.78, 5) is 9.07. The molecule has 6 heteroatoms. The van der Waals surface area contributed by atoms with Gasteiger partial charge in [0.25, 0.3) is 0 Å². The maximum atomic E-state index is 5.41. The lowest BCUT2D eigenvalue weighted by Crippen LogP contribution is -2.17. The highest BCUT2D eigenvalue weighted by molar-refractivity contribution is 5.62. The quantitative estimate of drug-likeness (QED) is 0.899. The number of fused-ring (bicyclic) bond motifs is 1. The van der Waals surface area contributed by atoms with E-state index in [2.05, 4.69) is 20.6 Å². The Morgan fingerprint density at radius 2 is 1.87 bits per heavy atom. The summed E-state index contributed by atoms with van der Waals surface area (Å²) in [6.07, 6.45) is 4.96. The Hall–Kier alpha value is -2.50. The fraction of sp³-hybridized carbons (Fsp3) is 0.412. The smallest absolute Gasteiger partial charge is 0.231 e. The van der Waals surface area contributed by atoms with Gasteiger partial charge in [-0.3, -0.25) is 0 Å². The normalized spacial score (nSPS) is 16.6. The molecule has 2 aromatic rings. The van der Waals surface area contributed by atoms with Gasteiger partial charge in [-0.15, -0.1) is 0 Å². The second-order valence-electron chi connectivity index (χ2n) is 6.04. The van der Waals surface area contributed by atoms with Gasteiger partial charge in [-0.25, -0.2) is 4.98 Å². The Balaban J connectivity index is 1.52. The van der Waals surface area contributed by atoms with Crippen molar-refractivity contribution in [3.8, 4) is 11.5 Å². The first-order valence-electron chi connectivity index (χ1n) is 8.05. The summed E-state index contributed by atoms with van der Waals surface area (Å²) in [5.41, 5.74) is 1.85. The molecule has 0 bridgehead atoms. The van der Waals surface area contributed by atoms with Crippen molar-refractivity contribution >= 4 is 17.5 Å². The zero-order valence-electron chi connectivity index (χ0n) is 13.1. The monoisotopic (exact) mass is 312 g/mol. The van der Waals surface area contributed by atoms with Crippen LogP contribution in [0, 0.1) is 6.92 Å². The van der Waals surface area contributed by atoms with Crippen LogP contribution in [-0.2, 0) is 0 Å². The van der Waals surface area contributed by atoms with Crippen LogP contribution < -0.4 is 20.1 Å². The SMILES string of the molecule is Cc1cc(Nc2ccc3c(c2)OCO3)nc(NC2CCCC2)n1. The maximum Gasteiger partial charge on any atom is 0.231 e. The highest BCUT2D eigenvalue weighted by Gasteiger charge is 2.17. The number of nitrogens with zero attached hydrogens (tertiary/aromatic N) is 2. The van der Waals surface area contributed by atoms with Crippen LogP contribution in [0.2, 0.25) is 0 Å². The molecule has 2 aliphatic rings. The van der Waals surface area contributed by atoms with Gasteiger partial charge in [0, 0.05) is 29.6 Å². The number of aromatic nitrogens is 2. The number of anilines is 3. The van der Waals surface area contributed by atoms with Crippen LogP contribution in [0.15, 0.2) is 24.3 Å². The van der Waals surface area contributed by atoms with E-state index in [-0.39, 0.29) is 6.79 Å². The Bertz CT molecular complexity index is 714. The topological polar surface area (TPSA) is 68.3 Å². The van der Waals surface area contributed by atoms with E-state index < -0.39 is 0 Å². The van der Waals surface area contributed by atoms with Gasteiger partial charge in [0.05, 0.1) is 0 Å². The highest BCUT2D eigenvalue weighted by atomic mass is 16.7. The summed E-state index contributed by atoms with van der Waals surface area (Å²) in [5, 5.41) is 6.76. The van der Waals surface area contributed by atoms with Crippen LogP contribution in [0.3, 0.4) is 0 Å². The van der Waals surface area contributed by atoms with Gasteiger partial charge in [0.1, 0.15) is 5.82 Å². The van der Waals surface area contributed by atoms with Crippen LogP contribution in [-0.4, -0.2) is 22.8 Å². The number of aryl methyl sites for hydroxylation is 1. The maximum absolute atomic E-state index is 5.41. The lowest BCUT2D eigenvalue weighted by molar-refractivity contribution is 0.174. The van der Waals surface area contributed by atoms with Crippen LogP contribution in [0.5, 0.6) is 11.5 Å². The van der Waals surface area contributed by atoms with Gasteiger partial charge in [0.15, 0.2) is 11.5 Å². The summed E-state index contributed by atoms with van der Waals surface area (Å²) < 4.78 is 10.7. The van der Waals surface area contributed by atoms with Gasteiger partial charge in [-0.05, 0) is 31.9 Å². The molecule has 23 heavy (non-hydrogen) atoms. The minimum Gasteiger partial charge on any atom is -0.454 e. The lowest BCUT2D eigenvalue weighted by atomic mass is 10.2. The number of rotatable bonds is 4. The molecule has 2 heterocycles. The van der Waals surface area contributed by atoms with E-state index in [4.69, 9.17) is 9.47 Å². The van der Waals surface area contributed by atoms with E-state index in [1.807, 2.05) is 31.2 Å². The molecule has 0 unspecified atom stereocenters. The summed E-state index contributed by atoms with van der Waals surface area (Å²) in [6, 6.07) is 8.20. The van der Waals surface area contributed by atoms with Crippen LogP contribution in [0.4, 0.5) is 17.5 Å². The van der Waals surface area contributed by atoms with E-state index >= 15 is 0 Å². The third kappa shape index (κ3) is 3.16. The molecule has 0 radical (unpaired) electrons. The van der Waals surface area contributed by atoms with E-state index in [1.165, 1.54) is 25.7 Å². The third-order valence-corrected chi connectivity index (χ3v) is 4.19. The average molecular weight is 312 g/mol. The van der Waals surface area contributed by atoms with Gasteiger partial charge in [0.2, 0.25) is 12.7 Å². The molecule has 0 saturated heterocycles. The van der Waals surface area contributed by atoms with E-state index in [0.29, 0.717) is 12.0 Å². The second kappa shape index (κ2) is 5.95. The largest absolute Gasteiger partial charge is 0.454 e. The Labute approximate surface area is 135 Å². The molecule has 1 aromatic heterocycles. The van der Waals surface area contributed by atoms with Crippen molar-refractivity contribution in [3.05, 3.63) is 30.0 Å². The van der Waals surface area contributed by atoms with E-state index in [0.717, 1.165) is 28.7 Å². The van der Waals surface area contributed by atoms with Crippen molar-refractivity contribution in [1.82, 2.24) is 9.97 Å². The molecule has 0 spiro atoms. The van der Waals surface area contributed by atoms with E-state index in [9.17, 15) is 0 Å². The summed E-state index contributed by atoms with van der Waals surface area (Å²) in [7, 11) is 0.